The number of esters is 1. The van der Waals surface area contributed by atoms with Gasteiger partial charge in [-0.2, -0.15) is 0 Å². The van der Waals surface area contributed by atoms with Gasteiger partial charge in [-0.25, -0.2) is 0 Å². The average molecular weight is 214 g/mol. The summed E-state index contributed by atoms with van der Waals surface area (Å²) in [6, 6.07) is 0. The second-order valence-electron chi connectivity index (χ2n) is 3.85. The molecule has 0 N–H and O–H groups in total. The van der Waals surface area contributed by atoms with Crippen LogP contribution < -0.4 is 0 Å². The first-order chi connectivity index (χ1) is 7.22. The van der Waals surface area contributed by atoms with Crippen LogP contribution in [-0.4, -0.2) is 18.9 Å². The topological polar surface area (TPSA) is 43.4 Å². The van der Waals surface area contributed by atoms with Crippen molar-refractivity contribution in [1.82, 2.24) is 0 Å². The largest absolute Gasteiger partial charge is 0.465 e. The number of aldehydes is 1. The Bertz CT molecular complexity index is 178. The van der Waals surface area contributed by atoms with Crippen LogP contribution >= 0.6 is 0 Å². The number of rotatable bonds is 9. The molecule has 0 aromatic rings. The number of unbranched alkanes of at least 4 members (excludes halogenated alkanes) is 4. The van der Waals surface area contributed by atoms with Crippen LogP contribution in [0.25, 0.3) is 0 Å². The third-order valence-corrected chi connectivity index (χ3v) is 2.48. The summed E-state index contributed by atoms with van der Waals surface area (Å²) in [5, 5.41) is 0. The predicted octanol–water partition coefficient (Wildman–Crippen LogP) is 2.73. The lowest BCUT2D eigenvalue weighted by Crippen LogP contribution is -2.14. The van der Waals surface area contributed by atoms with E-state index in [1.807, 2.05) is 13.8 Å². The first kappa shape index (κ1) is 14.1. The van der Waals surface area contributed by atoms with Crippen molar-refractivity contribution in [2.24, 2.45) is 5.92 Å². The molecule has 0 radical (unpaired) electrons. The van der Waals surface area contributed by atoms with Gasteiger partial charge in [0.1, 0.15) is 6.29 Å². The maximum atomic E-state index is 11.2. The molecule has 0 aliphatic heterocycles. The minimum Gasteiger partial charge on any atom is -0.465 e. The van der Waals surface area contributed by atoms with E-state index in [1.54, 1.807) is 0 Å². The molecular formula is C12H22O3. The zero-order valence-corrected chi connectivity index (χ0v) is 9.83. The summed E-state index contributed by atoms with van der Waals surface area (Å²) in [5.74, 6) is -0.0783. The molecule has 0 heterocycles. The molecule has 0 rings (SSSR count). The van der Waals surface area contributed by atoms with Crippen LogP contribution in [0.15, 0.2) is 0 Å². The second kappa shape index (κ2) is 9.69. The van der Waals surface area contributed by atoms with Gasteiger partial charge in [0.2, 0.25) is 0 Å². The van der Waals surface area contributed by atoms with Crippen molar-refractivity contribution in [3.8, 4) is 0 Å². The summed E-state index contributed by atoms with van der Waals surface area (Å²) >= 11 is 0. The molecule has 1 atom stereocenters. The van der Waals surface area contributed by atoms with Crippen LogP contribution in [0.2, 0.25) is 0 Å². The minimum atomic E-state index is -0.0922. The summed E-state index contributed by atoms with van der Waals surface area (Å²) in [4.78, 5) is 21.3. The van der Waals surface area contributed by atoms with Crippen LogP contribution in [0.3, 0.4) is 0 Å². The summed E-state index contributed by atoms with van der Waals surface area (Å²) in [6.07, 6.45) is 6.35. The molecule has 0 bridgehead atoms. The molecule has 0 saturated heterocycles. The zero-order valence-electron chi connectivity index (χ0n) is 9.83. The standard InChI is InChI=1S/C12H22O3/c1-3-11(2)12(14)15-10-8-6-4-5-7-9-13/h9,11H,3-8,10H2,1-2H3. The van der Waals surface area contributed by atoms with E-state index in [-0.39, 0.29) is 11.9 Å². The van der Waals surface area contributed by atoms with Gasteiger partial charge in [-0.1, -0.05) is 26.7 Å². The van der Waals surface area contributed by atoms with Gasteiger partial charge >= 0.3 is 5.97 Å². The van der Waals surface area contributed by atoms with Gasteiger partial charge in [-0.15, -0.1) is 0 Å². The lowest BCUT2D eigenvalue weighted by atomic mass is 10.1. The maximum absolute atomic E-state index is 11.2. The van der Waals surface area contributed by atoms with Crippen molar-refractivity contribution in [1.29, 1.82) is 0 Å². The Morgan fingerprint density at radius 2 is 1.93 bits per heavy atom. The Morgan fingerprint density at radius 3 is 2.53 bits per heavy atom. The Kier molecular flexibility index (Phi) is 9.13. The third-order valence-electron chi connectivity index (χ3n) is 2.48. The van der Waals surface area contributed by atoms with Gasteiger partial charge in [-0.3, -0.25) is 4.79 Å². The molecule has 3 heteroatoms. The van der Waals surface area contributed by atoms with Gasteiger partial charge in [0.05, 0.1) is 12.5 Å². The van der Waals surface area contributed by atoms with Crippen molar-refractivity contribution in [2.75, 3.05) is 6.61 Å². The molecule has 0 saturated carbocycles. The second-order valence-corrected chi connectivity index (χ2v) is 3.85. The molecule has 0 aromatic carbocycles. The lowest BCUT2D eigenvalue weighted by Gasteiger charge is -2.08. The Labute approximate surface area is 92.2 Å². The quantitative estimate of drug-likeness (QED) is 0.337. The first-order valence-corrected chi connectivity index (χ1v) is 5.82. The average Bonchev–Trinajstić information content (AvgIpc) is 2.26. The van der Waals surface area contributed by atoms with Crippen LogP contribution in [-0.2, 0) is 14.3 Å². The van der Waals surface area contributed by atoms with Crippen molar-refractivity contribution in [2.45, 2.75) is 52.4 Å². The molecule has 1 unspecified atom stereocenters. The molecule has 15 heavy (non-hydrogen) atoms. The van der Waals surface area contributed by atoms with E-state index in [0.29, 0.717) is 13.0 Å². The highest BCUT2D eigenvalue weighted by atomic mass is 16.5. The van der Waals surface area contributed by atoms with Crippen molar-refractivity contribution >= 4 is 12.3 Å². The first-order valence-electron chi connectivity index (χ1n) is 5.82. The Hall–Kier alpha value is -0.860. The molecule has 0 spiro atoms. The summed E-state index contributed by atoms with van der Waals surface area (Å²) in [7, 11) is 0. The van der Waals surface area contributed by atoms with Crippen LogP contribution in [0, 0.1) is 5.92 Å². The van der Waals surface area contributed by atoms with Gasteiger partial charge in [0.15, 0.2) is 0 Å². The Morgan fingerprint density at radius 1 is 1.27 bits per heavy atom. The van der Waals surface area contributed by atoms with Crippen molar-refractivity contribution < 1.29 is 14.3 Å². The zero-order chi connectivity index (χ0) is 11.5. The normalized spacial score (nSPS) is 12.1. The van der Waals surface area contributed by atoms with Gasteiger partial charge in [0.25, 0.3) is 0 Å². The van der Waals surface area contributed by atoms with Crippen LogP contribution in [0.4, 0.5) is 0 Å². The molecule has 0 aliphatic rings. The Balaban J connectivity index is 3.23. The molecule has 0 aromatic heterocycles. The number of hydrogen-bond acceptors (Lipinski definition) is 3. The highest BCUT2D eigenvalue weighted by Gasteiger charge is 2.10. The van der Waals surface area contributed by atoms with E-state index in [4.69, 9.17) is 4.74 Å². The number of carbonyl (C=O) groups excluding carboxylic acids is 2. The highest BCUT2D eigenvalue weighted by Crippen LogP contribution is 2.06. The van der Waals surface area contributed by atoms with Gasteiger partial charge in [-0.05, 0) is 19.3 Å². The van der Waals surface area contributed by atoms with Crippen LogP contribution in [0.1, 0.15) is 52.4 Å². The maximum Gasteiger partial charge on any atom is 0.308 e. The molecule has 88 valence electrons. The van der Waals surface area contributed by atoms with Crippen molar-refractivity contribution in [3.63, 3.8) is 0 Å². The smallest absolute Gasteiger partial charge is 0.308 e. The molecule has 0 fully saturated rings. The van der Waals surface area contributed by atoms with E-state index in [2.05, 4.69) is 0 Å². The fourth-order valence-corrected chi connectivity index (χ4v) is 1.16. The van der Waals surface area contributed by atoms with Crippen molar-refractivity contribution in [3.05, 3.63) is 0 Å². The number of carbonyl (C=O) groups is 2. The monoisotopic (exact) mass is 214 g/mol. The van der Waals surface area contributed by atoms with E-state index in [0.717, 1.165) is 38.4 Å². The fourth-order valence-electron chi connectivity index (χ4n) is 1.16. The summed E-state index contributed by atoms with van der Waals surface area (Å²) < 4.78 is 5.09. The van der Waals surface area contributed by atoms with Gasteiger partial charge < -0.3 is 9.53 Å². The van der Waals surface area contributed by atoms with Gasteiger partial charge in [0, 0.05) is 6.42 Å². The van der Waals surface area contributed by atoms with E-state index in [9.17, 15) is 9.59 Å². The summed E-state index contributed by atoms with van der Waals surface area (Å²) in [5.41, 5.74) is 0. The highest BCUT2D eigenvalue weighted by molar-refractivity contribution is 5.71. The third kappa shape index (κ3) is 8.16. The SMILES string of the molecule is CCC(C)C(=O)OCCCCCCC=O. The summed E-state index contributed by atoms with van der Waals surface area (Å²) in [6.45, 7) is 4.38. The molecule has 3 nitrogen and oxygen atoms in total. The molecule has 0 amide bonds. The lowest BCUT2D eigenvalue weighted by molar-refractivity contribution is -0.148. The predicted molar refractivity (Wildman–Crippen MR) is 59.6 cm³/mol. The number of hydrogen-bond donors (Lipinski definition) is 0. The van der Waals surface area contributed by atoms with E-state index < -0.39 is 0 Å². The molecular weight excluding hydrogens is 192 g/mol. The van der Waals surface area contributed by atoms with Crippen LogP contribution in [0.5, 0.6) is 0 Å². The van der Waals surface area contributed by atoms with E-state index >= 15 is 0 Å². The fraction of sp³-hybridized carbons (Fsp3) is 0.833. The number of ether oxygens (including phenoxy) is 1. The minimum absolute atomic E-state index is 0.0139. The van der Waals surface area contributed by atoms with E-state index in [1.165, 1.54) is 0 Å². The molecule has 0 aliphatic carbocycles.